The number of hydrogen-bond donors (Lipinski definition) is 0. The molecule has 0 unspecified atom stereocenters. The number of hydrogen-bond acceptors (Lipinski definition) is 6. The zero-order valence-corrected chi connectivity index (χ0v) is 16.3. The number of aromatic nitrogens is 2. The predicted octanol–water partition coefficient (Wildman–Crippen LogP) is 3.27. The van der Waals surface area contributed by atoms with E-state index in [-0.39, 0.29) is 12.0 Å². The summed E-state index contributed by atoms with van der Waals surface area (Å²) < 4.78 is 6.09. The lowest BCUT2D eigenvalue weighted by molar-refractivity contribution is 0.0571. The Balaban J connectivity index is 1.55. The van der Waals surface area contributed by atoms with Crippen molar-refractivity contribution in [1.82, 2.24) is 19.8 Å². The lowest BCUT2D eigenvalue weighted by Gasteiger charge is -2.34. The Morgan fingerprint density at radius 1 is 1.07 bits per heavy atom. The molecule has 1 aliphatic rings. The van der Waals surface area contributed by atoms with E-state index in [1.165, 1.54) is 11.3 Å². The number of thiazole rings is 1. The van der Waals surface area contributed by atoms with Crippen LogP contribution >= 0.6 is 11.3 Å². The molecule has 1 fully saturated rings. The number of carbonyl (C=O) groups excluding carboxylic acids is 2. The third-order valence-corrected chi connectivity index (χ3v) is 5.67. The first-order valence-electron chi connectivity index (χ1n) is 9.19. The summed E-state index contributed by atoms with van der Waals surface area (Å²) in [5.74, 6) is -0.0918. The summed E-state index contributed by atoms with van der Waals surface area (Å²) in [5.41, 5.74) is 2.03. The second-order valence-electron chi connectivity index (χ2n) is 6.36. The van der Waals surface area contributed by atoms with Crippen molar-refractivity contribution in [3.8, 4) is 10.7 Å². The molecule has 0 bridgehead atoms. The van der Waals surface area contributed by atoms with Crippen LogP contribution in [-0.2, 0) is 4.74 Å². The predicted molar refractivity (Wildman–Crippen MR) is 107 cm³/mol. The average Bonchev–Trinajstić information content (AvgIpc) is 3.18. The third-order valence-electron chi connectivity index (χ3n) is 4.63. The fourth-order valence-electron chi connectivity index (χ4n) is 3.20. The van der Waals surface area contributed by atoms with Crippen molar-refractivity contribution in [2.45, 2.75) is 6.92 Å². The van der Waals surface area contributed by atoms with Crippen LogP contribution in [-0.4, -0.2) is 64.6 Å². The first-order valence-corrected chi connectivity index (χ1v) is 10.0. The van der Waals surface area contributed by atoms with Crippen LogP contribution in [0.5, 0.6) is 0 Å². The molecule has 0 N–H and O–H groups in total. The van der Waals surface area contributed by atoms with E-state index in [4.69, 9.17) is 4.74 Å². The Kier molecular flexibility index (Phi) is 5.21. The largest absolute Gasteiger partial charge is 0.450 e. The maximum atomic E-state index is 13.1. The summed E-state index contributed by atoms with van der Waals surface area (Å²) in [4.78, 5) is 37.5. The number of carbonyl (C=O) groups is 2. The summed E-state index contributed by atoms with van der Waals surface area (Å²) in [5, 5.41) is 0.732. The molecular formula is C20H20N4O3S. The minimum absolute atomic E-state index is 0.0918. The molecule has 0 saturated carbocycles. The molecule has 3 aromatic rings. The SMILES string of the molecule is CCOC(=O)N1CCN(C(=O)c2cccnc2-c2nc3ccccc3s2)CC1. The Morgan fingerprint density at radius 2 is 1.82 bits per heavy atom. The minimum Gasteiger partial charge on any atom is -0.450 e. The van der Waals surface area contributed by atoms with Gasteiger partial charge in [0, 0.05) is 32.4 Å². The van der Waals surface area contributed by atoms with Crippen LogP contribution in [0, 0.1) is 0 Å². The lowest BCUT2D eigenvalue weighted by atomic mass is 10.1. The van der Waals surface area contributed by atoms with Crippen molar-refractivity contribution in [3.63, 3.8) is 0 Å². The zero-order chi connectivity index (χ0) is 19.5. The maximum Gasteiger partial charge on any atom is 0.409 e. The van der Waals surface area contributed by atoms with Gasteiger partial charge in [0.05, 0.1) is 22.4 Å². The molecule has 0 radical (unpaired) electrons. The maximum absolute atomic E-state index is 13.1. The second-order valence-corrected chi connectivity index (χ2v) is 7.40. The van der Waals surface area contributed by atoms with Gasteiger partial charge in [0.15, 0.2) is 0 Å². The van der Waals surface area contributed by atoms with E-state index in [0.717, 1.165) is 15.2 Å². The van der Waals surface area contributed by atoms with Crippen LogP contribution in [0.25, 0.3) is 20.9 Å². The van der Waals surface area contributed by atoms with Crippen molar-refractivity contribution in [1.29, 1.82) is 0 Å². The number of nitrogens with zero attached hydrogens (tertiary/aromatic N) is 4. The van der Waals surface area contributed by atoms with Gasteiger partial charge in [-0.25, -0.2) is 9.78 Å². The molecule has 0 spiro atoms. The smallest absolute Gasteiger partial charge is 0.409 e. The van der Waals surface area contributed by atoms with Gasteiger partial charge in [-0.05, 0) is 31.2 Å². The highest BCUT2D eigenvalue weighted by Gasteiger charge is 2.27. The number of piperazine rings is 1. The molecule has 2 aromatic heterocycles. The van der Waals surface area contributed by atoms with Gasteiger partial charge in [-0.15, -0.1) is 11.3 Å². The molecule has 7 nitrogen and oxygen atoms in total. The Labute approximate surface area is 166 Å². The summed E-state index contributed by atoms with van der Waals surface area (Å²) in [6.07, 6.45) is 1.35. The van der Waals surface area contributed by atoms with Crippen LogP contribution in [0.15, 0.2) is 42.6 Å². The molecule has 1 saturated heterocycles. The molecule has 4 rings (SSSR count). The Morgan fingerprint density at radius 3 is 2.57 bits per heavy atom. The molecule has 2 amide bonds. The topological polar surface area (TPSA) is 75.6 Å². The number of amides is 2. The van der Waals surface area contributed by atoms with Crippen LogP contribution in [0.3, 0.4) is 0 Å². The van der Waals surface area contributed by atoms with Crippen molar-refractivity contribution in [2.75, 3.05) is 32.8 Å². The summed E-state index contributed by atoms with van der Waals surface area (Å²) in [6, 6.07) is 11.4. The highest BCUT2D eigenvalue weighted by Crippen LogP contribution is 2.31. The van der Waals surface area contributed by atoms with Crippen molar-refractivity contribution < 1.29 is 14.3 Å². The quantitative estimate of drug-likeness (QED) is 0.679. The van der Waals surface area contributed by atoms with Crippen molar-refractivity contribution in [3.05, 3.63) is 48.2 Å². The number of para-hydroxylation sites is 1. The third kappa shape index (κ3) is 3.55. The average molecular weight is 396 g/mol. The number of fused-ring (bicyclic) bond motifs is 1. The van der Waals surface area contributed by atoms with Crippen LogP contribution in [0.2, 0.25) is 0 Å². The zero-order valence-electron chi connectivity index (χ0n) is 15.5. The molecule has 3 heterocycles. The Bertz CT molecular complexity index is 978. The lowest BCUT2D eigenvalue weighted by Crippen LogP contribution is -2.50. The van der Waals surface area contributed by atoms with E-state index in [9.17, 15) is 9.59 Å². The fourth-order valence-corrected chi connectivity index (χ4v) is 4.18. The van der Waals surface area contributed by atoms with E-state index in [0.29, 0.717) is 44.0 Å². The van der Waals surface area contributed by atoms with E-state index in [1.54, 1.807) is 35.1 Å². The van der Waals surface area contributed by atoms with E-state index in [2.05, 4.69) is 9.97 Å². The number of rotatable bonds is 3. The molecular weight excluding hydrogens is 376 g/mol. The summed E-state index contributed by atoms with van der Waals surface area (Å²) in [6.45, 7) is 3.98. The van der Waals surface area contributed by atoms with Gasteiger partial charge < -0.3 is 14.5 Å². The standard InChI is InChI=1S/C20H20N4O3S/c1-2-27-20(26)24-12-10-23(11-13-24)19(25)14-6-5-9-21-17(14)18-22-15-7-3-4-8-16(15)28-18/h3-9H,2,10-13H2,1H3. The normalized spacial score (nSPS) is 14.3. The molecule has 1 aromatic carbocycles. The van der Waals surface area contributed by atoms with E-state index < -0.39 is 0 Å². The second kappa shape index (κ2) is 7.93. The fraction of sp³-hybridized carbons (Fsp3) is 0.300. The molecule has 0 aliphatic carbocycles. The van der Waals surface area contributed by atoms with Crippen molar-refractivity contribution in [2.24, 2.45) is 0 Å². The minimum atomic E-state index is -0.328. The monoisotopic (exact) mass is 396 g/mol. The van der Waals surface area contributed by atoms with Gasteiger partial charge in [0.2, 0.25) is 0 Å². The summed E-state index contributed by atoms with van der Waals surface area (Å²) in [7, 11) is 0. The highest BCUT2D eigenvalue weighted by molar-refractivity contribution is 7.21. The van der Waals surface area contributed by atoms with E-state index >= 15 is 0 Å². The molecule has 1 aliphatic heterocycles. The van der Waals surface area contributed by atoms with E-state index in [1.807, 2.05) is 24.3 Å². The van der Waals surface area contributed by atoms with Gasteiger partial charge in [-0.1, -0.05) is 12.1 Å². The van der Waals surface area contributed by atoms with Gasteiger partial charge in [0.1, 0.15) is 10.7 Å². The van der Waals surface area contributed by atoms with Crippen LogP contribution < -0.4 is 0 Å². The van der Waals surface area contributed by atoms with Crippen LogP contribution in [0.4, 0.5) is 4.79 Å². The molecule has 8 heteroatoms. The van der Waals surface area contributed by atoms with Gasteiger partial charge >= 0.3 is 6.09 Å². The van der Waals surface area contributed by atoms with Gasteiger partial charge in [-0.2, -0.15) is 0 Å². The molecule has 144 valence electrons. The first kappa shape index (κ1) is 18.4. The molecule has 28 heavy (non-hydrogen) atoms. The molecule has 0 atom stereocenters. The number of ether oxygens (including phenoxy) is 1. The Hall–Kier alpha value is -3.00. The van der Waals surface area contributed by atoms with Gasteiger partial charge in [-0.3, -0.25) is 9.78 Å². The number of pyridine rings is 1. The number of benzene rings is 1. The highest BCUT2D eigenvalue weighted by atomic mass is 32.1. The van der Waals surface area contributed by atoms with Gasteiger partial charge in [0.25, 0.3) is 5.91 Å². The first-order chi connectivity index (χ1) is 13.7. The summed E-state index contributed by atoms with van der Waals surface area (Å²) >= 11 is 1.52. The van der Waals surface area contributed by atoms with Crippen LogP contribution in [0.1, 0.15) is 17.3 Å². The van der Waals surface area contributed by atoms with Crippen molar-refractivity contribution >= 4 is 33.6 Å².